The molecule has 0 spiro atoms. The molecule has 0 bridgehead atoms. The van der Waals surface area contributed by atoms with Crippen molar-refractivity contribution in [2.45, 2.75) is 63.7 Å². The highest BCUT2D eigenvalue weighted by Gasteiger charge is 2.32. The Kier molecular flexibility index (Phi) is 9.94. The molecule has 0 heterocycles. The van der Waals surface area contributed by atoms with Crippen LogP contribution in [0.15, 0.2) is 60.7 Å². The van der Waals surface area contributed by atoms with Gasteiger partial charge in [0.1, 0.15) is 0 Å². The van der Waals surface area contributed by atoms with Crippen molar-refractivity contribution in [2.75, 3.05) is 6.61 Å². The first-order valence-corrected chi connectivity index (χ1v) is 11.9. The van der Waals surface area contributed by atoms with Gasteiger partial charge in [0, 0.05) is 0 Å². The fourth-order valence-electron chi connectivity index (χ4n) is 4.80. The first-order valence-electron chi connectivity index (χ1n) is 11.9. The third-order valence-electron chi connectivity index (χ3n) is 6.65. The van der Waals surface area contributed by atoms with E-state index in [-0.39, 0.29) is 5.57 Å². The first-order chi connectivity index (χ1) is 16.5. The van der Waals surface area contributed by atoms with Gasteiger partial charge >= 0.3 is 5.97 Å². The predicted molar refractivity (Wildman–Crippen MR) is 127 cm³/mol. The number of aliphatic hydroxyl groups excluding tert-OH is 1. The molecule has 3 rings (SSSR count). The van der Waals surface area contributed by atoms with E-state index < -0.39 is 12.6 Å². The van der Waals surface area contributed by atoms with E-state index in [9.17, 15) is 4.79 Å². The topological polar surface area (TPSA) is 94.5 Å². The van der Waals surface area contributed by atoms with E-state index in [1.54, 1.807) is 12.1 Å². The highest BCUT2D eigenvalue weighted by molar-refractivity contribution is 5.87. The number of hydrogen-bond donors (Lipinski definition) is 2. The van der Waals surface area contributed by atoms with Crippen LogP contribution in [0.2, 0.25) is 0 Å². The molecule has 0 aliphatic heterocycles. The lowest BCUT2D eigenvalue weighted by molar-refractivity contribution is -0.438. The summed E-state index contributed by atoms with van der Waals surface area (Å²) in [6, 6.07) is 15.4. The maximum Gasteiger partial charge on any atom is 0.383 e. The second-order valence-electron chi connectivity index (χ2n) is 8.88. The molecule has 1 fully saturated rings. The molecule has 0 saturated heterocycles. The number of hydrogen-bond acceptors (Lipinski definition) is 7. The lowest BCUT2D eigenvalue weighted by Gasteiger charge is -2.37. The predicted octanol–water partition coefficient (Wildman–Crippen LogP) is 6.10. The number of carbonyl (C=O) groups excluding carboxylic acids is 1. The summed E-state index contributed by atoms with van der Waals surface area (Å²) >= 11 is 0. The molecule has 184 valence electrons. The monoisotopic (exact) mass is 470 g/mol. The zero-order valence-corrected chi connectivity index (χ0v) is 19.7. The molecule has 2 aromatic carbocycles. The molecular formula is C27H34O7. The van der Waals surface area contributed by atoms with Crippen LogP contribution in [0, 0.1) is 5.92 Å². The number of unbranched alkanes of at least 4 members (excludes halogenated alkanes) is 2. The molecule has 7 nitrogen and oxygen atoms in total. The van der Waals surface area contributed by atoms with Crippen molar-refractivity contribution >= 4 is 5.97 Å². The van der Waals surface area contributed by atoms with Crippen LogP contribution in [0.5, 0.6) is 11.5 Å². The maximum atomic E-state index is 11.6. The Morgan fingerprint density at radius 3 is 2.24 bits per heavy atom. The van der Waals surface area contributed by atoms with E-state index in [0.717, 1.165) is 19.3 Å². The first kappa shape index (κ1) is 25.7. The second kappa shape index (κ2) is 13.1. The molecule has 3 unspecified atom stereocenters. The average molecular weight is 471 g/mol. The minimum atomic E-state index is -0.789. The lowest BCUT2D eigenvalue weighted by atomic mass is 9.68. The van der Waals surface area contributed by atoms with Gasteiger partial charge in [0.25, 0.3) is 0 Å². The van der Waals surface area contributed by atoms with Crippen LogP contribution in [0.3, 0.4) is 0 Å². The molecule has 1 aliphatic carbocycles. The van der Waals surface area contributed by atoms with Crippen molar-refractivity contribution in [3.63, 3.8) is 0 Å². The van der Waals surface area contributed by atoms with Gasteiger partial charge in [-0.3, -0.25) is 4.89 Å². The summed E-state index contributed by atoms with van der Waals surface area (Å²) in [5.41, 5.74) is 2.48. The summed E-state index contributed by atoms with van der Waals surface area (Å²) in [7, 11) is 0. The molecule has 1 saturated carbocycles. The van der Waals surface area contributed by atoms with Gasteiger partial charge in [-0.15, -0.1) is 0 Å². The third kappa shape index (κ3) is 7.06. The van der Waals surface area contributed by atoms with E-state index >= 15 is 0 Å². The molecule has 2 aromatic rings. The Morgan fingerprint density at radius 1 is 0.971 bits per heavy atom. The third-order valence-corrected chi connectivity index (χ3v) is 6.65. The fourth-order valence-corrected chi connectivity index (χ4v) is 4.80. The van der Waals surface area contributed by atoms with Crippen molar-refractivity contribution in [1.29, 1.82) is 0 Å². The summed E-state index contributed by atoms with van der Waals surface area (Å²) in [5.74, 6) is 1.62. The van der Waals surface area contributed by atoms with Crippen LogP contribution in [0.25, 0.3) is 0 Å². The number of rotatable bonds is 12. The molecule has 3 atom stereocenters. The Labute approximate surface area is 200 Å². The summed E-state index contributed by atoms with van der Waals surface area (Å²) in [4.78, 5) is 26.0. The highest BCUT2D eigenvalue weighted by Crippen LogP contribution is 2.46. The standard InChI is InChI=1S/C27H34O7/c1-3-4-5-6-23-17-22(11-16-26(23)21-9-14-25(15-10-21)32-34-30)20-7-12-24(13-8-20)31-33-27(29)19(2)18-28/h7-10,12-15,22-23,26,28,30H,2-6,11,16-18H2,1H3. The van der Waals surface area contributed by atoms with Gasteiger partial charge in [0.2, 0.25) is 0 Å². The van der Waals surface area contributed by atoms with Gasteiger partial charge in [-0.25, -0.2) is 14.9 Å². The quantitative estimate of drug-likeness (QED) is 0.167. The van der Waals surface area contributed by atoms with Crippen molar-refractivity contribution in [2.24, 2.45) is 5.92 Å². The van der Waals surface area contributed by atoms with Gasteiger partial charge in [0.05, 0.1) is 12.2 Å². The Bertz CT molecular complexity index is 908. The smallest absolute Gasteiger partial charge is 0.383 e. The molecular weight excluding hydrogens is 436 g/mol. The molecule has 34 heavy (non-hydrogen) atoms. The molecule has 0 aromatic heterocycles. The maximum absolute atomic E-state index is 11.6. The molecule has 0 radical (unpaired) electrons. The number of aliphatic hydroxyl groups is 1. The van der Waals surface area contributed by atoms with Crippen molar-refractivity contribution in [1.82, 2.24) is 0 Å². The van der Waals surface area contributed by atoms with E-state index in [1.165, 1.54) is 36.8 Å². The zero-order chi connectivity index (χ0) is 24.3. The lowest BCUT2D eigenvalue weighted by Crippen LogP contribution is -2.23. The van der Waals surface area contributed by atoms with Crippen molar-refractivity contribution in [3.8, 4) is 11.5 Å². The van der Waals surface area contributed by atoms with Gasteiger partial charge in [-0.1, -0.05) is 57.0 Å². The van der Waals surface area contributed by atoms with Crippen molar-refractivity contribution in [3.05, 3.63) is 71.8 Å². The molecule has 7 heteroatoms. The van der Waals surface area contributed by atoms with Gasteiger partial charge in [-0.2, -0.15) is 0 Å². The van der Waals surface area contributed by atoms with Crippen LogP contribution < -0.4 is 9.78 Å². The zero-order valence-electron chi connectivity index (χ0n) is 19.7. The summed E-state index contributed by atoms with van der Waals surface area (Å²) < 4.78 is 0. The van der Waals surface area contributed by atoms with Gasteiger partial charge in [-0.05, 0) is 83.9 Å². The summed E-state index contributed by atoms with van der Waals surface area (Å²) in [5, 5.41) is 21.2. The van der Waals surface area contributed by atoms with E-state index in [0.29, 0.717) is 29.3 Å². The Morgan fingerprint density at radius 2 is 1.62 bits per heavy atom. The average Bonchev–Trinajstić information content (AvgIpc) is 2.88. The van der Waals surface area contributed by atoms with Crippen molar-refractivity contribution < 1.29 is 34.9 Å². The van der Waals surface area contributed by atoms with Crippen LogP contribution in [-0.2, 0) is 14.7 Å². The minimum absolute atomic E-state index is 0.0635. The Hall–Kier alpha value is -2.87. The van der Waals surface area contributed by atoms with Crippen LogP contribution >= 0.6 is 0 Å². The normalized spacial score (nSPS) is 19.9. The summed E-state index contributed by atoms with van der Waals surface area (Å²) in [6.07, 6.45) is 8.14. The molecule has 2 N–H and O–H groups in total. The van der Waals surface area contributed by atoms with Crippen LogP contribution in [-0.4, -0.2) is 22.9 Å². The van der Waals surface area contributed by atoms with E-state index in [2.05, 4.69) is 35.6 Å². The second-order valence-corrected chi connectivity index (χ2v) is 8.88. The van der Waals surface area contributed by atoms with Crippen LogP contribution in [0.1, 0.15) is 74.8 Å². The molecule has 1 aliphatic rings. The largest absolute Gasteiger partial charge is 0.391 e. The van der Waals surface area contributed by atoms with E-state index in [1.807, 2.05) is 24.3 Å². The Balaban J connectivity index is 1.65. The SMILES string of the molecule is C=C(CO)C(=O)OOc1ccc(C2CCC(c3ccc(OOO)cc3)C(CCCCC)C2)cc1. The fraction of sp³-hybridized carbons (Fsp3) is 0.444. The number of carbonyl (C=O) groups is 1. The minimum Gasteiger partial charge on any atom is -0.391 e. The van der Waals surface area contributed by atoms with Crippen LogP contribution in [0.4, 0.5) is 0 Å². The highest BCUT2D eigenvalue weighted by atomic mass is 17.5. The van der Waals surface area contributed by atoms with Gasteiger partial charge in [0.15, 0.2) is 11.5 Å². The van der Waals surface area contributed by atoms with E-state index in [4.69, 9.17) is 20.1 Å². The van der Waals surface area contributed by atoms with Gasteiger partial charge < -0.3 is 9.99 Å². The number of benzene rings is 2. The molecule has 0 amide bonds. The summed E-state index contributed by atoms with van der Waals surface area (Å²) in [6.45, 7) is 5.16.